The van der Waals surface area contributed by atoms with E-state index in [4.69, 9.17) is 4.42 Å². The van der Waals surface area contributed by atoms with Crippen LogP contribution >= 0.6 is 0 Å². The zero-order chi connectivity index (χ0) is 14.9. The molecule has 0 N–H and O–H groups in total. The lowest BCUT2D eigenvalue weighted by atomic mass is 10.1. The predicted octanol–water partition coefficient (Wildman–Crippen LogP) is 3.28. The lowest BCUT2D eigenvalue weighted by molar-refractivity contribution is 0.293. The van der Waals surface area contributed by atoms with E-state index in [1.165, 1.54) is 4.31 Å². The summed E-state index contributed by atoms with van der Waals surface area (Å²) in [6, 6.07) is 10.3. The quantitative estimate of drug-likeness (QED) is 0.818. The van der Waals surface area contributed by atoms with E-state index in [1.54, 1.807) is 24.5 Å². The van der Waals surface area contributed by atoms with Crippen molar-refractivity contribution in [1.82, 2.24) is 4.31 Å². The SMILES string of the molecule is Cc1ccc(S(=O)(=O)N2CC=CC[C@@H]2c2ccco2)cc1. The van der Waals surface area contributed by atoms with Crippen molar-refractivity contribution in [2.45, 2.75) is 24.3 Å². The summed E-state index contributed by atoms with van der Waals surface area (Å²) in [5.74, 6) is 0.676. The van der Waals surface area contributed by atoms with Crippen LogP contribution in [0.15, 0.2) is 64.1 Å². The first-order chi connectivity index (χ1) is 10.1. The van der Waals surface area contributed by atoms with E-state index in [0.29, 0.717) is 23.6 Å². The molecule has 4 nitrogen and oxygen atoms in total. The number of furan rings is 1. The molecule has 0 bridgehead atoms. The number of benzene rings is 1. The number of rotatable bonds is 3. The highest BCUT2D eigenvalue weighted by Gasteiger charge is 2.34. The van der Waals surface area contributed by atoms with Crippen LogP contribution in [0.3, 0.4) is 0 Å². The Balaban J connectivity index is 2.00. The highest BCUT2D eigenvalue weighted by Crippen LogP contribution is 2.33. The molecule has 1 aliphatic heterocycles. The van der Waals surface area contributed by atoms with Crippen LogP contribution in [-0.2, 0) is 10.0 Å². The highest BCUT2D eigenvalue weighted by molar-refractivity contribution is 7.89. The molecule has 0 aliphatic carbocycles. The van der Waals surface area contributed by atoms with Gasteiger partial charge in [-0.05, 0) is 37.6 Å². The average Bonchev–Trinajstić information content (AvgIpc) is 3.02. The zero-order valence-corrected chi connectivity index (χ0v) is 12.6. The molecular weight excluding hydrogens is 286 g/mol. The highest BCUT2D eigenvalue weighted by atomic mass is 32.2. The minimum atomic E-state index is -3.53. The van der Waals surface area contributed by atoms with E-state index in [1.807, 2.05) is 37.3 Å². The van der Waals surface area contributed by atoms with E-state index in [2.05, 4.69) is 0 Å². The van der Waals surface area contributed by atoms with Crippen LogP contribution in [0.2, 0.25) is 0 Å². The molecule has 21 heavy (non-hydrogen) atoms. The summed E-state index contributed by atoms with van der Waals surface area (Å²) in [5.41, 5.74) is 1.04. The molecule has 1 aromatic carbocycles. The molecule has 2 aromatic rings. The van der Waals surface area contributed by atoms with Crippen molar-refractivity contribution in [3.8, 4) is 0 Å². The fraction of sp³-hybridized carbons (Fsp3) is 0.250. The molecular formula is C16H17NO3S. The maximum Gasteiger partial charge on any atom is 0.244 e. The Morgan fingerprint density at radius 1 is 1.14 bits per heavy atom. The van der Waals surface area contributed by atoms with E-state index < -0.39 is 10.0 Å². The first-order valence-electron chi connectivity index (χ1n) is 6.86. The Kier molecular flexibility index (Phi) is 3.69. The molecule has 5 heteroatoms. The minimum Gasteiger partial charge on any atom is -0.468 e. The van der Waals surface area contributed by atoms with Gasteiger partial charge in [0.2, 0.25) is 10.0 Å². The molecule has 0 fully saturated rings. The molecule has 2 heterocycles. The summed E-state index contributed by atoms with van der Waals surface area (Å²) < 4.78 is 32.6. The van der Waals surface area contributed by atoms with Crippen molar-refractivity contribution < 1.29 is 12.8 Å². The molecule has 0 spiro atoms. The summed E-state index contributed by atoms with van der Waals surface area (Å²) in [5, 5.41) is 0. The molecule has 0 saturated carbocycles. The van der Waals surface area contributed by atoms with Crippen molar-refractivity contribution in [3.63, 3.8) is 0 Å². The number of nitrogens with zero attached hydrogens (tertiary/aromatic N) is 1. The first-order valence-corrected chi connectivity index (χ1v) is 8.30. The smallest absolute Gasteiger partial charge is 0.244 e. The van der Waals surface area contributed by atoms with Gasteiger partial charge in [-0.2, -0.15) is 4.31 Å². The predicted molar refractivity (Wildman–Crippen MR) is 80.3 cm³/mol. The first kappa shape index (κ1) is 14.1. The average molecular weight is 303 g/mol. The van der Waals surface area contributed by atoms with Gasteiger partial charge < -0.3 is 4.42 Å². The Morgan fingerprint density at radius 3 is 2.57 bits per heavy atom. The summed E-state index contributed by atoms with van der Waals surface area (Å²) in [4.78, 5) is 0.319. The fourth-order valence-electron chi connectivity index (χ4n) is 2.50. The Hall–Kier alpha value is -1.85. The topological polar surface area (TPSA) is 50.5 Å². The van der Waals surface area contributed by atoms with Gasteiger partial charge in [0.25, 0.3) is 0 Å². The van der Waals surface area contributed by atoms with Gasteiger partial charge in [-0.25, -0.2) is 8.42 Å². The summed E-state index contributed by atoms with van der Waals surface area (Å²) in [6.07, 6.45) is 6.07. The van der Waals surface area contributed by atoms with Gasteiger partial charge in [-0.1, -0.05) is 29.8 Å². The van der Waals surface area contributed by atoms with Gasteiger partial charge in [0, 0.05) is 6.54 Å². The number of hydrogen-bond donors (Lipinski definition) is 0. The van der Waals surface area contributed by atoms with Crippen LogP contribution in [0, 0.1) is 6.92 Å². The Bertz CT molecular complexity index is 730. The van der Waals surface area contributed by atoms with Crippen LogP contribution in [0.1, 0.15) is 23.8 Å². The second-order valence-electron chi connectivity index (χ2n) is 5.13. The Labute approximate surface area is 124 Å². The van der Waals surface area contributed by atoms with Crippen molar-refractivity contribution in [1.29, 1.82) is 0 Å². The van der Waals surface area contributed by atoms with Crippen LogP contribution in [0.25, 0.3) is 0 Å². The van der Waals surface area contributed by atoms with Crippen molar-refractivity contribution in [3.05, 3.63) is 66.1 Å². The lowest BCUT2D eigenvalue weighted by Gasteiger charge is -2.30. The zero-order valence-electron chi connectivity index (χ0n) is 11.8. The third-order valence-corrected chi connectivity index (χ3v) is 5.55. The number of aryl methyl sites for hydroxylation is 1. The van der Waals surface area contributed by atoms with Crippen molar-refractivity contribution in [2.75, 3.05) is 6.54 Å². The number of sulfonamides is 1. The van der Waals surface area contributed by atoms with Crippen LogP contribution in [-0.4, -0.2) is 19.3 Å². The summed E-state index contributed by atoms with van der Waals surface area (Å²) in [6.45, 7) is 2.30. The lowest BCUT2D eigenvalue weighted by Crippen LogP contribution is -2.36. The normalized spacial score (nSPS) is 19.8. The summed E-state index contributed by atoms with van der Waals surface area (Å²) >= 11 is 0. The van der Waals surface area contributed by atoms with Crippen molar-refractivity contribution >= 4 is 10.0 Å². The van der Waals surface area contributed by atoms with Gasteiger partial charge in [-0.3, -0.25) is 0 Å². The van der Waals surface area contributed by atoms with Crippen LogP contribution in [0.5, 0.6) is 0 Å². The molecule has 1 atom stereocenters. The van der Waals surface area contributed by atoms with E-state index in [-0.39, 0.29) is 6.04 Å². The monoisotopic (exact) mass is 303 g/mol. The van der Waals surface area contributed by atoms with E-state index >= 15 is 0 Å². The van der Waals surface area contributed by atoms with Crippen LogP contribution < -0.4 is 0 Å². The van der Waals surface area contributed by atoms with Crippen molar-refractivity contribution in [2.24, 2.45) is 0 Å². The largest absolute Gasteiger partial charge is 0.468 e. The molecule has 110 valence electrons. The maximum absolute atomic E-state index is 12.9. The standard InChI is InChI=1S/C16H17NO3S/c1-13-7-9-14(10-8-13)21(18,19)17-11-3-2-5-15(17)16-6-4-12-20-16/h2-4,6-10,12,15H,5,11H2,1H3/t15-/m1/s1. The third kappa shape index (κ3) is 2.66. The molecule has 1 aliphatic rings. The summed E-state index contributed by atoms with van der Waals surface area (Å²) in [7, 11) is -3.53. The van der Waals surface area contributed by atoms with E-state index in [0.717, 1.165) is 5.56 Å². The van der Waals surface area contributed by atoms with E-state index in [9.17, 15) is 8.42 Å². The van der Waals surface area contributed by atoms with Gasteiger partial charge in [-0.15, -0.1) is 0 Å². The molecule has 0 amide bonds. The Morgan fingerprint density at radius 2 is 1.90 bits per heavy atom. The molecule has 1 aromatic heterocycles. The van der Waals surface area contributed by atoms with Gasteiger partial charge >= 0.3 is 0 Å². The third-order valence-electron chi connectivity index (χ3n) is 3.66. The van der Waals surface area contributed by atoms with Crippen LogP contribution in [0.4, 0.5) is 0 Å². The molecule has 0 unspecified atom stereocenters. The molecule has 0 radical (unpaired) electrons. The number of hydrogen-bond acceptors (Lipinski definition) is 3. The molecule has 3 rings (SSSR count). The maximum atomic E-state index is 12.9. The second-order valence-corrected chi connectivity index (χ2v) is 7.02. The fourth-order valence-corrected chi connectivity index (χ4v) is 4.06. The second kappa shape index (κ2) is 5.50. The van der Waals surface area contributed by atoms with Gasteiger partial charge in [0.15, 0.2) is 0 Å². The minimum absolute atomic E-state index is 0.281. The van der Waals surface area contributed by atoms with Gasteiger partial charge in [0.1, 0.15) is 5.76 Å². The molecule has 0 saturated heterocycles. The van der Waals surface area contributed by atoms with Gasteiger partial charge in [0.05, 0.1) is 17.2 Å².